The molecule has 18 aromatic rings. The molecule has 0 radical (unpaired) electrons. The summed E-state index contributed by atoms with van der Waals surface area (Å²) < 4.78 is 465. The molecule has 0 aliphatic rings. The molecule has 0 fully saturated rings. The van der Waals surface area contributed by atoms with E-state index in [9.17, 15) is 27.4 Å². The summed E-state index contributed by atoms with van der Waals surface area (Å²) in [5.74, 6) is 0. The van der Waals surface area contributed by atoms with Gasteiger partial charge in [0.2, 0.25) is 0 Å². The highest BCUT2D eigenvalue weighted by molar-refractivity contribution is 7.26. The van der Waals surface area contributed by atoms with Crippen LogP contribution in [0, 0.1) is 0 Å². The van der Waals surface area contributed by atoms with Crippen LogP contribution in [0.3, 0.4) is 0 Å². The number of hydrogen-bond donors (Lipinski definition) is 0. The van der Waals surface area contributed by atoms with Gasteiger partial charge in [-0.15, -0.1) is 22.7 Å². The summed E-state index contributed by atoms with van der Waals surface area (Å²) in [6.45, 7) is 0. The van der Waals surface area contributed by atoms with Crippen LogP contribution in [0.25, 0.3) is 172 Å². The Balaban J connectivity index is 0.000000191. The van der Waals surface area contributed by atoms with Crippen LogP contribution in [0.2, 0.25) is 0 Å². The van der Waals surface area contributed by atoms with Crippen LogP contribution < -0.4 is 0 Å². The van der Waals surface area contributed by atoms with E-state index in [1.54, 1.807) is 0 Å². The number of fused-ring (bicyclic) bond motifs is 12. The lowest BCUT2D eigenvalue weighted by Crippen LogP contribution is -1.91. The molecule has 2 heteroatoms. The summed E-state index contributed by atoms with van der Waals surface area (Å²) in [4.78, 5) is 0. The van der Waals surface area contributed by atoms with Gasteiger partial charge in [-0.3, -0.25) is 0 Å². The Bertz CT molecular complexity index is 8750. The minimum absolute atomic E-state index is 0.0873. The molecule has 0 aliphatic carbocycles. The molecule has 2 heterocycles. The summed E-state index contributed by atoms with van der Waals surface area (Å²) in [6, 6.07) is -45.1. The highest BCUT2D eigenvalue weighted by Gasteiger charge is 2.21. The maximum atomic E-state index is 9.80. The van der Waals surface area contributed by atoms with E-state index in [1.807, 2.05) is 0 Å². The summed E-state index contributed by atoms with van der Waals surface area (Å²) in [6.07, 6.45) is 0. The maximum Gasteiger partial charge on any atom is 0.0638 e. The molecule has 86 heavy (non-hydrogen) atoms. The third kappa shape index (κ3) is 8.32. The van der Waals surface area contributed by atoms with Crippen molar-refractivity contribution in [3.63, 3.8) is 0 Å². The van der Waals surface area contributed by atoms with Gasteiger partial charge in [-0.2, -0.15) is 0 Å². The van der Waals surface area contributed by atoms with Crippen LogP contribution in [0.1, 0.15) is 71.3 Å². The molecule has 18 rings (SSSR count). The molecular weight excluding hydrogens is 1070 g/mol. The zero-order valence-corrected chi connectivity index (χ0v) is 44.4. The van der Waals surface area contributed by atoms with Crippen LogP contribution in [-0.4, -0.2) is 0 Å². The van der Waals surface area contributed by atoms with Crippen LogP contribution in [0.4, 0.5) is 0 Å². The van der Waals surface area contributed by atoms with Crippen LogP contribution in [0.5, 0.6) is 0 Å². The minimum atomic E-state index is -1.06. The van der Waals surface area contributed by atoms with E-state index in [0.717, 1.165) is 0 Å². The molecule has 0 saturated carbocycles. The fourth-order valence-corrected chi connectivity index (χ4v) is 12.1. The van der Waals surface area contributed by atoms with Gasteiger partial charge in [0.25, 0.3) is 0 Å². The monoisotopic (exact) mass is 1180 g/mol. The van der Waals surface area contributed by atoms with Gasteiger partial charge in [-0.05, 0) is 174 Å². The van der Waals surface area contributed by atoms with Crippen molar-refractivity contribution in [2.45, 2.75) is 0 Å². The van der Waals surface area contributed by atoms with E-state index in [-0.39, 0.29) is 40.3 Å². The summed E-state index contributed by atoms with van der Waals surface area (Å²) in [5.41, 5.74) is -8.77. The summed E-state index contributed by atoms with van der Waals surface area (Å²) >= 11 is 1.38. The van der Waals surface area contributed by atoms with Crippen molar-refractivity contribution >= 4 is 128 Å². The molecule has 0 N–H and O–H groups in total. The number of rotatable bonds is 6. The predicted octanol–water partition coefficient (Wildman–Crippen LogP) is 25.0. The predicted molar refractivity (Wildman–Crippen MR) is 376 cm³/mol. The first-order chi connectivity index (χ1) is 64.3. The van der Waals surface area contributed by atoms with Gasteiger partial charge in [0.05, 0.1) is 71.3 Å². The lowest BCUT2D eigenvalue weighted by molar-refractivity contribution is 1.63. The maximum absolute atomic E-state index is 9.80. The van der Waals surface area contributed by atoms with Gasteiger partial charge in [0.15, 0.2) is 0 Å². The molecule has 0 bridgehead atoms. The van der Waals surface area contributed by atoms with E-state index in [4.69, 9.17) is 43.9 Å². The highest BCUT2D eigenvalue weighted by atomic mass is 32.1. The molecule has 0 amide bonds. The molecule has 0 atom stereocenters. The van der Waals surface area contributed by atoms with E-state index in [2.05, 4.69) is 0 Å². The van der Waals surface area contributed by atoms with Gasteiger partial charge < -0.3 is 0 Å². The van der Waals surface area contributed by atoms with Crippen molar-refractivity contribution in [3.8, 4) is 66.8 Å². The third-order valence-corrected chi connectivity index (χ3v) is 15.9. The van der Waals surface area contributed by atoms with Crippen molar-refractivity contribution in [2.24, 2.45) is 0 Å². The minimum Gasteiger partial charge on any atom is -0.135 e. The molecule has 2 aromatic heterocycles. The van der Waals surface area contributed by atoms with E-state index in [1.165, 1.54) is 0 Å². The third-order valence-electron chi connectivity index (χ3n) is 13.9. The second-order valence-corrected chi connectivity index (χ2v) is 20.6. The molecule has 0 unspecified atom stereocenters. The first-order valence-electron chi connectivity index (χ1n) is 51.3. The Labute approximate surface area is 579 Å². The first-order valence-corrected chi connectivity index (χ1v) is 26.9. The average molecular weight is 1180 g/mol. The lowest BCUT2D eigenvalue weighted by Gasteiger charge is -2.18. The highest BCUT2D eigenvalue weighted by Crippen LogP contribution is 2.48. The van der Waals surface area contributed by atoms with Crippen LogP contribution in [0.15, 0.2) is 314 Å². The normalized spacial score (nSPS) is 20.2. The molecule has 0 spiro atoms. The van der Waals surface area contributed by atoms with Gasteiger partial charge in [-0.1, -0.05) is 272 Å². The first kappa shape index (κ1) is 20.4. The SMILES string of the molecule is [2H]c1c([2H])c(-c2c([2H])c([2H])c([2H])c3c([2H])c([2H])c([2H])c([2H])c23)c([2H])c(-c2c3c([2H])c([2H])c([2H])c([2H])c3c(-c3c([2H])c([2H])c4sc5c([2H])c([2H])c([2H])c([2H])c5c4c3[2H])c3c([2H])c([2H])c([2H])c([2H])c23)c1[2H].[2H]c1c([2H])c(-c2c3c([2H])c([2H])c([2H])c([2H])c3c(-c3c([2H])c([2H])c4sc5c([2H])c([2H])c([2H])c([2H])c5c4c3[2H])c3c([2H])c([2H])c([2H])c([2H])c23)c([2H])c([2H])c1-c1c([2H])c([2H])c([2H])c2c([2H])c([2H])c([2H])c([2H])c12. The fraction of sp³-hybridized carbons (Fsp3) is 0. The molecular formula is C84H52S2. The van der Waals surface area contributed by atoms with Crippen molar-refractivity contribution in [2.75, 3.05) is 0 Å². The lowest BCUT2D eigenvalue weighted by atomic mass is 9.85. The molecule has 0 saturated heterocycles. The van der Waals surface area contributed by atoms with Crippen LogP contribution in [-0.2, 0) is 0 Å². The van der Waals surface area contributed by atoms with E-state index in [0.29, 0.717) is 22.7 Å². The van der Waals surface area contributed by atoms with E-state index >= 15 is 0 Å². The number of hydrogen-bond acceptors (Lipinski definition) is 2. The van der Waals surface area contributed by atoms with Crippen molar-refractivity contribution in [1.29, 1.82) is 0 Å². The van der Waals surface area contributed by atoms with Gasteiger partial charge in [-0.25, -0.2) is 0 Å². The molecule has 16 aromatic carbocycles. The molecule has 400 valence electrons. The quantitative estimate of drug-likeness (QED) is 0.146. The Morgan fingerprint density at radius 1 is 0.174 bits per heavy atom. The van der Waals surface area contributed by atoms with E-state index < -0.39 is 446 Å². The Morgan fingerprint density at radius 2 is 0.453 bits per heavy atom. The van der Waals surface area contributed by atoms with Gasteiger partial charge in [0, 0.05) is 40.3 Å². The van der Waals surface area contributed by atoms with Gasteiger partial charge >= 0.3 is 0 Å². The number of benzene rings is 16. The Morgan fingerprint density at radius 3 is 0.884 bits per heavy atom. The average Bonchev–Trinajstić information content (AvgIpc) is 0.908. The zero-order chi connectivity index (χ0) is 102. The van der Waals surface area contributed by atoms with Crippen molar-refractivity contribution in [3.05, 3.63) is 314 Å². The second kappa shape index (κ2) is 20.7. The standard InChI is InChI=1S/2C42H26S/c1-2-15-31-27(11-1)12-10-21-32(31)28-13-9-14-29(25-28)41-34-17-3-5-19-36(34)42(37-20-6-4-18-35(37)41)30-23-24-40-38(26-30)33-16-7-8-22-39(33)43-40;1-2-12-31-27(10-1)11-9-18-32(31)28-20-22-29(23-21-28)41-34-14-3-5-16-36(34)42(37-17-6-4-15-35(37)41)30-24-25-40-38(26-30)33-13-7-8-19-39(33)43-40/h2*1-26H/i2*1D,2D,3D,4D,5D,6D,7D,8D,9D,10D,11D,12D,13D,14D,15D,16D,17D,18D,19D,20D,21D,22D,23D,24D,25D,26D. The summed E-state index contributed by atoms with van der Waals surface area (Å²) in [5, 5.41) is -8.95. The van der Waals surface area contributed by atoms with Crippen molar-refractivity contribution in [1.82, 2.24) is 0 Å². The van der Waals surface area contributed by atoms with Crippen LogP contribution >= 0.6 is 22.7 Å². The Kier molecular flexibility index (Phi) is 4.90. The zero-order valence-electron chi connectivity index (χ0n) is 94.8. The summed E-state index contributed by atoms with van der Waals surface area (Å²) in [7, 11) is 0. The fourth-order valence-electron chi connectivity index (χ4n) is 10.3. The second-order valence-electron chi connectivity index (χ2n) is 18.5. The molecule has 0 nitrogen and oxygen atoms in total. The Hall–Kier alpha value is -10.5. The smallest absolute Gasteiger partial charge is 0.0638 e. The van der Waals surface area contributed by atoms with Crippen molar-refractivity contribution < 1.29 is 71.3 Å². The number of thiophene rings is 2. The molecule has 0 aliphatic heterocycles. The van der Waals surface area contributed by atoms with Gasteiger partial charge in [0.1, 0.15) is 0 Å². The largest absolute Gasteiger partial charge is 0.135 e. The topological polar surface area (TPSA) is 0 Å².